The summed E-state index contributed by atoms with van der Waals surface area (Å²) in [7, 11) is 3.95. The number of nitrogens with one attached hydrogen (secondary N) is 1. The van der Waals surface area contributed by atoms with Crippen LogP contribution in [-0.4, -0.2) is 46.6 Å². The number of para-hydroxylation sites is 2. The lowest BCUT2D eigenvalue weighted by molar-refractivity contribution is -0.115. The first kappa shape index (κ1) is 22.7. The molecule has 0 bridgehead atoms. The van der Waals surface area contributed by atoms with Crippen LogP contribution in [0.5, 0.6) is 11.5 Å². The SMILES string of the molecule is C=CCn1c(S[C@@H](C)C(=O)Nc2ccc(N(C)C)cc2)nnc1[C@H]1COc2ccccc2O1. The molecule has 33 heavy (non-hydrogen) atoms. The van der Waals surface area contributed by atoms with Crippen LogP contribution in [0.15, 0.2) is 66.3 Å². The smallest absolute Gasteiger partial charge is 0.237 e. The van der Waals surface area contributed by atoms with Gasteiger partial charge in [-0.05, 0) is 43.3 Å². The number of fused-ring (bicyclic) bond motifs is 1. The first-order valence-electron chi connectivity index (χ1n) is 10.6. The Bertz CT molecular complexity index is 1130. The van der Waals surface area contributed by atoms with Crippen molar-refractivity contribution in [3.8, 4) is 11.5 Å². The molecule has 3 aromatic rings. The molecule has 1 amide bonds. The van der Waals surface area contributed by atoms with Crippen molar-refractivity contribution in [1.29, 1.82) is 0 Å². The number of allylic oxidation sites excluding steroid dienone is 1. The number of benzene rings is 2. The number of hydrogen-bond acceptors (Lipinski definition) is 7. The minimum Gasteiger partial charge on any atom is -0.485 e. The van der Waals surface area contributed by atoms with Gasteiger partial charge in [-0.1, -0.05) is 30.0 Å². The second kappa shape index (κ2) is 9.99. The van der Waals surface area contributed by atoms with Crippen molar-refractivity contribution < 1.29 is 14.3 Å². The Kier molecular flexibility index (Phi) is 6.88. The lowest BCUT2D eigenvalue weighted by Gasteiger charge is -2.26. The van der Waals surface area contributed by atoms with Gasteiger partial charge in [0.25, 0.3) is 0 Å². The van der Waals surface area contributed by atoms with Crippen LogP contribution in [0.25, 0.3) is 0 Å². The largest absolute Gasteiger partial charge is 0.485 e. The first-order valence-corrected chi connectivity index (χ1v) is 11.5. The van der Waals surface area contributed by atoms with Gasteiger partial charge in [0.05, 0.1) is 5.25 Å². The van der Waals surface area contributed by atoms with Crippen LogP contribution in [0.1, 0.15) is 18.9 Å². The molecular formula is C24H27N5O3S. The van der Waals surface area contributed by atoms with Crippen molar-refractivity contribution in [3.05, 3.63) is 67.0 Å². The number of carbonyl (C=O) groups excluding carboxylic acids is 1. The molecule has 1 aliphatic heterocycles. The van der Waals surface area contributed by atoms with Crippen LogP contribution in [0.2, 0.25) is 0 Å². The van der Waals surface area contributed by atoms with Crippen molar-refractivity contribution in [1.82, 2.24) is 14.8 Å². The highest BCUT2D eigenvalue weighted by molar-refractivity contribution is 8.00. The van der Waals surface area contributed by atoms with E-state index in [1.165, 1.54) is 11.8 Å². The molecule has 2 atom stereocenters. The molecule has 0 radical (unpaired) electrons. The Morgan fingerprint density at radius 2 is 1.97 bits per heavy atom. The third-order valence-electron chi connectivity index (χ3n) is 5.16. The molecule has 0 saturated carbocycles. The number of hydrogen-bond donors (Lipinski definition) is 1. The van der Waals surface area contributed by atoms with Crippen molar-refractivity contribution in [2.45, 2.75) is 30.0 Å². The topological polar surface area (TPSA) is 81.5 Å². The minimum absolute atomic E-state index is 0.113. The van der Waals surface area contributed by atoms with E-state index >= 15 is 0 Å². The summed E-state index contributed by atoms with van der Waals surface area (Å²) in [5, 5.41) is 11.9. The van der Waals surface area contributed by atoms with E-state index in [0.29, 0.717) is 35.6 Å². The normalized spacial score (nSPS) is 15.5. The molecule has 172 valence electrons. The Hall–Kier alpha value is -3.46. The van der Waals surface area contributed by atoms with Gasteiger partial charge in [0.2, 0.25) is 5.91 Å². The highest BCUT2D eigenvalue weighted by atomic mass is 32.2. The van der Waals surface area contributed by atoms with Crippen LogP contribution >= 0.6 is 11.8 Å². The van der Waals surface area contributed by atoms with Crippen molar-refractivity contribution in [2.24, 2.45) is 0 Å². The zero-order chi connectivity index (χ0) is 23.4. The van der Waals surface area contributed by atoms with Gasteiger partial charge in [-0.25, -0.2) is 0 Å². The Morgan fingerprint density at radius 3 is 2.67 bits per heavy atom. The number of carbonyl (C=O) groups is 1. The summed E-state index contributed by atoms with van der Waals surface area (Å²) < 4.78 is 13.8. The lowest BCUT2D eigenvalue weighted by Crippen LogP contribution is -2.25. The Balaban J connectivity index is 1.46. The number of ether oxygens (including phenoxy) is 2. The second-order valence-corrected chi connectivity index (χ2v) is 9.10. The van der Waals surface area contributed by atoms with Gasteiger partial charge in [0, 0.05) is 32.0 Å². The Labute approximate surface area is 197 Å². The maximum Gasteiger partial charge on any atom is 0.237 e. The monoisotopic (exact) mass is 465 g/mol. The summed E-state index contributed by atoms with van der Waals surface area (Å²) in [4.78, 5) is 14.8. The second-order valence-electron chi connectivity index (χ2n) is 7.79. The minimum atomic E-state index is -0.402. The quantitative estimate of drug-likeness (QED) is 0.395. The summed E-state index contributed by atoms with van der Waals surface area (Å²) in [6, 6.07) is 15.2. The number of rotatable bonds is 8. The summed E-state index contributed by atoms with van der Waals surface area (Å²) in [6.07, 6.45) is 1.37. The van der Waals surface area contributed by atoms with E-state index in [0.717, 1.165) is 11.4 Å². The lowest BCUT2D eigenvalue weighted by atomic mass is 10.2. The van der Waals surface area contributed by atoms with Crippen molar-refractivity contribution >= 4 is 29.0 Å². The van der Waals surface area contributed by atoms with Gasteiger partial charge in [-0.3, -0.25) is 9.36 Å². The van der Waals surface area contributed by atoms with Crippen LogP contribution in [0, 0.1) is 0 Å². The predicted octanol–water partition coefficient (Wildman–Crippen LogP) is 4.16. The molecule has 2 aromatic carbocycles. The fourth-order valence-corrected chi connectivity index (χ4v) is 4.24. The van der Waals surface area contributed by atoms with Gasteiger partial charge in [0.15, 0.2) is 28.6 Å². The van der Waals surface area contributed by atoms with Crippen molar-refractivity contribution in [2.75, 3.05) is 30.9 Å². The number of nitrogens with zero attached hydrogens (tertiary/aromatic N) is 4. The van der Waals surface area contributed by atoms with E-state index < -0.39 is 6.10 Å². The molecular weight excluding hydrogens is 438 g/mol. The fourth-order valence-electron chi connectivity index (χ4n) is 3.37. The molecule has 0 unspecified atom stereocenters. The fraction of sp³-hybridized carbons (Fsp3) is 0.292. The van der Waals surface area contributed by atoms with E-state index in [4.69, 9.17) is 9.47 Å². The van der Waals surface area contributed by atoms with E-state index in [1.807, 2.05) is 79.0 Å². The number of thioether (sulfide) groups is 1. The number of amides is 1. The zero-order valence-electron chi connectivity index (χ0n) is 18.9. The number of anilines is 2. The van der Waals surface area contributed by atoms with Crippen LogP contribution in [0.3, 0.4) is 0 Å². The van der Waals surface area contributed by atoms with E-state index in [2.05, 4.69) is 22.1 Å². The molecule has 2 heterocycles. The summed E-state index contributed by atoms with van der Waals surface area (Å²) in [5.74, 6) is 1.91. The molecule has 0 fully saturated rings. The summed E-state index contributed by atoms with van der Waals surface area (Å²) in [6.45, 7) is 6.51. The predicted molar refractivity (Wildman–Crippen MR) is 130 cm³/mol. The van der Waals surface area contributed by atoms with Gasteiger partial charge >= 0.3 is 0 Å². The zero-order valence-corrected chi connectivity index (χ0v) is 19.7. The van der Waals surface area contributed by atoms with E-state index in [9.17, 15) is 4.79 Å². The van der Waals surface area contributed by atoms with Gasteiger partial charge in [-0.2, -0.15) is 0 Å². The van der Waals surface area contributed by atoms with Crippen molar-refractivity contribution in [3.63, 3.8) is 0 Å². The average molecular weight is 466 g/mol. The summed E-state index contributed by atoms with van der Waals surface area (Å²) >= 11 is 1.34. The first-order chi connectivity index (χ1) is 16.0. The molecule has 9 heteroatoms. The molecule has 0 saturated heterocycles. The van der Waals surface area contributed by atoms with Crippen LogP contribution in [0.4, 0.5) is 11.4 Å². The number of aromatic nitrogens is 3. The van der Waals surface area contributed by atoms with E-state index in [-0.39, 0.29) is 11.2 Å². The van der Waals surface area contributed by atoms with Gasteiger partial charge in [-0.15, -0.1) is 16.8 Å². The Morgan fingerprint density at radius 1 is 1.24 bits per heavy atom. The third kappa shape index (κ3) is 5.14. The van der Waals surface area contributed by atoms with Gasteiger partial charge in [0.1, 0.15) is 6.61 Å². The maximum atomic E-state index is 12.8. The van der Waals surface area contributed by atoms with Crippen LogP contribution < -0.4 is 19.7 Å². The highest BCUT2D eigenvalue weighted by Crippen LogP contribution is 2.36. The van der Waals surface area contributed by atoms with E-state index in [1.54, 1.807) is 6.08 Å². The van der Waals surface area contributed by atoms with Crippen LogP contribution in [-0.2, 0) is 11.3 Å². The molecule has 0 aliphatic carbocycles. The molecule has 1 aromatic heterocycles. The molecule has 4 rings (SSSR count). The average Bonchev–Trinajstić information content (AvgIpc) is 3.21. The summed E-state index contributed by atoms with van der Waals surface area (Å²) in [5.41, 5.74) is 1.81. The standard InChI is InChI=1S/C24H27N5O3S/c1-5-14-29-22(21-15-31-19-8-6-7-9-20(19)32-21)26-27-24(29)33-16(2)23(30)25-17-10-12-18(13-11-17)28(3)4/h5-13,16,21H,1,14-15H2,2-4H3,(H,25,30)/t16-,21+/m0/s1. The highest BCUT2D eigenvalue weighted by Gasteiger charge is 2.29. The molecule has 1 aliphatic rings. The maximum absolute atomic E-state index is 12.8. The molecule has 0 spiro atoms. The van der Waals surface area contributed by atoms with Gasteiger partial charge < -0.3 is 19.7 Å². The molecule has 8 nitrogen and oxygen atoms in total. The third-order valence-corrected chi connectivity index (χ3v) is 6.24. The molecule has 1 N–H and O–H groups in total.